The molecule has 4 saturated carbocycles. The molecular formula is C79H130F4N12O13. The van der Waals surface area contributed by atoms with E-state index < -0.39 is 194 Å². The number of fused-ring (bicyclic) bond motifs is 1. The maximum absolute atomic E-state index is 15.8. The fraction of sp³-hybridized carbons (Fsp3) is 0.848. The molecule has 7 fully saturated rings. The number of ether oxygens (including phenoxy) is 1. The molecule has 1 spiro atoms. The van der Waals surface area contributed by atoms with Crippen LogP contribution in [0.5, 0.6) is 0 Å². The lowest BCUT2D eigenvalue weighted by Gasteiger charge is -2.41. The molecular weight excluding hydrogens is 1400 g/mol. The summed E-state index contributed by atoms with van der Waals surface area (Å²) >= 11 is 0. The monoisotopic (exact) mass is 1530 g/mol. The van der Waals surface area contributed by atoms with E-state index in [-0.39, 0.29) is 88.0 Å². The predicted molar refractivity (Wildman–Crippen MR) is 399 cm³/mol. The molecule has 0 radical (unpaired) electrons. The molecule has 14 atom stereocenters. The van der Waals surface area contributed by atoms with E-state index in [9.17, 15) is 37.1 Å². The molecule has 7 rings (SSSR count). The summed E-state index contributed by atoms with van der Waals surface area (Å²) in [5, 5.41) is 8.85. The van der Waals surface area contributed by atoms with Gasteiger partial charge in [-0.3, -0.25) is 57.5 Å². The van der Waals surface area contributed by atoms with Gasteiger partial charge >= 0.3 is 6.18 Å². The summed E-state index contributed by atoms with van der Waals surface area (Å²) in [4.78, 5) is 193. The minimum atomic E-state index is -4.77. The van der Waals surface area contributed by atoms with Crippen molar-refractivity contribution in [3.63, 3.8) is 0 Å². The Morgan fingerprint density at radius 2 is 1.18 bits per heavy atom. The third kappa shape index (κ3) is 23.2. The molecule has 5 unspecified atom stereocenters. The normalized spacial score (nSPS) is 30.7. The van der Waals surface area contributed by atoms with Crippen molar-refractivity contribution in [3.05, 3.63) is 0 Å². The molecule has 0 bridgehead atoms. The summed E-state index contributed by atoms with van der Waals surface area (Å²) in [5.74, 6) is -11.2. The molecule has 3 heterocycles. The van der Waals surface area contributed by atoms with E-state index in [0.29, 0.717) is 57.7 Å². The van der Waals surface area contributed by atoms with E-state index in [1.165, 1.54) is 73.8 Å². The van der Waals surface area contributed by atoms with Crippen molar-refractivity contribution in [2.75, 3.05) is 95.2 Å². The molecule has 3 N–H and O–H groups in total. The van der Waals surface area contributed by atoms with Gasteiger partial charge in [0, 0.05) is 75.4 Å². The number of alkyl halides is 4. The SMILES string of the molecule is CC[C@H](C)[C@@H]1NC(=O)[C@H](CC(C)C)N(C)C(=O)C[C@@H](C(=O)N2CCCCC2)N(C)C(=O)[C@H](CC(C)C)N(C)C(=O)C2(CCCC2)NC(=O)[C@@H]2C[C@@H](OCC3CCCCC3C)CN2C(=O)[C@H](CCC2CCC(C(F)(F)F)C(F)C2)NC(=O)CN(C)C(=O)[C@H](CC2CCCCC2)N(C)C(=O)CN(C)C(=O)CN(C)C1=O. The van der Waals surface area contributed by atoms with Gasteiger partial charge in [0.2, 0.25) is 70.9 Å². The first-order chi connectivity index (χ1) is 50.9. The van der Waals surface area contributed by atoms with Gasteiger partial charge in [0.15, 0.2) is 0 Å². The van der Waals surface area contributed by atoms with Crippen molar-refractivity contribution in [2.24, 2.45) is 47.3 Å². The topological polar surface area (TPSA) is 279 Å². The third-order valence-electron chi connectivity index (χ3n) is 25.0. The molecule has 3 saturated heterocycles. The van der Waals surface area contributed by atoms with E-state index in [1.807, 2.05) is 34.6 Å². The molecule has 7 aliphatic rings. The summed E-state index contributed by atoms with van der Waals surface area (Å²) in [5.41, 5.74) is -1.65. The van der Waals surface area contributed by atoms with Crippen LogP contribution >= 0.6 is 0 Å². The molecule has 0 aromatic carbocycles. The van der Waals surface area contributed by atoms with Crippen LogP contribution < -0.4 is 16.0 Å². The van der Waals surface area contributed by atoms with Crippen molar-refractivity contribution >= 4 is 70.9 Å². The lowest BCUT2D eigenvalue weighted by atomic mass is 9.78. The van der Waals surface area contributed by atoms with Crippen molar-refractivity contribution in [1.82, 2.24) is 60.0 Å². The van der Waals surface area contributed by atoms with Crippen LogP contribution in [0.2, 0.25) is 0 Å². The number of carbonyl (C=O) groups excluding carboxylic acids is 12. The van der Waals surface area contributed by atoms with E-state index in [2.05, 4.69) is 22.9 Å². The van der Waals surface area contributed by atoms with Gasteiger partial charge in [0.25, 0.3) is 0 Å². The Morgan fingerprint density at radius 3 is 1.79 bits per heavy atom. The van der Waals surface area contributed by atoms with Gasteiger partial charge < -0.3 is 64.8 Å². The highest BCUT2D eigenvalue weighted by Gasteiger charge is 2.53. The number of nitrogens with zero attached hydrogens (tertiary/aromatic N) is 9. The Kier molecular flexibility index (Phi) is 32.8. The Labute approximate surface area is 638 Å². The summed E-state index contributed by atoms with van der Waals surface area (Å²) in [6.07, 6.45) is 2.95. The number of halogens is 4. The Morgan fingerprint density at radius 1 is 0.583 bits per heavy atom. The lowest BCUT2D eigenvalue weighted by Crippen LogP contribution is -2.64. The molecule has 108 heavy (non-hydrogen) atoms. The number of likely N-dealkylation sites (N-methyl/N-ethyl adjacent to an activating group) is 7. The second-order valence-corrected chi connectivity index (χ2v) is 34.1. The molecule has 29 heteroatoms. The van der Waals surface area contributed by atoms with Gasteiger partial charge in [0.1, 0.15) is 54.0 Å². The number of rotatable bonds is 15. The van der Waals surface area contributed by atoms with Crippen LogP contribution in [-0.4, -0.2) is 276 Å². The van der Waals surface area contributed by atoms with E-state index in [0.717, 1.165) is 78.9 Å². The first kappa shape index (κ1) is 88.5. The summed E-state index contributed by atoms with van der Waals surface area (Å²) in [7, 11) is 9.92. The van der Waals surface area contributed by atoms with Crippen LogP contribution in [-0.2, 0) is 62.3 Å². The number of hydrogen-bond donors (Lipinski definition) is 3. The summed E-state index contributed by atoms with van der Waals surface area (Å²) in [6, 6.07) is -9.09. The minimum absolute atomic E-state index is 0.0000533. The quantitative estimate of drug-likeness (QED) is 0.134. The van der Waals surface area contributed by atoms with E-state index in [4.69, 9.17) is 4.74 Å². The lowest BCUT2D eigenvalue weighted by molar-refractivity contribution is -0.201. The minimum Gasteiger partial charge on any atom is -0.376 e. The number of likely N-dealkylation sites (tertiary alicyclic amines) is 1. The first-order valence-corrected chi connectivity index (χ1v) is 40.5. The van der Waals surface area contributed by atoms with Crippen molar-refractivity contribution in [2.45, 2.75) is 288 Å². The predicted octanol–water partition coefficient (Wildman–Crippen LogP) is 7.50. The number of piperidine rings is 1. The number of carbonyl (C=O) groups is 12. The van der Waals surface area contributed by atoms with Crippen LogP contribution in [0.3, 0.4) is 0 Å². The van der Waals surface area contributed by atoms with Crippen LogP contribution in [0.25, 0.3) is 0 Å². The van der Waals surface area contributed by atoms with Gasteiger partial charge in [-0.05, 0) is 131 Å². The molecule has 4 aliphatic carbocycles. The second-order valence-electron chi connectivity index (χ2n) is 34.1. The Balaban J connectivity index is 1.31. The van der Waals surface area contributed by atoms with Crippen LogP contribution in [0.15, 0.2) is 0 Å². The maximum atomic E-state index is 15.8. The summed E-state index contributed by atoms with van der Waals surface area (Å²) < 4.78 is 64.3. The number of nitrogens with one attached hydrogen (secondary N) is 3. The fourth-order valence-electron chi connectivity index (χ4n) is 17.6. The van der Waals surface area contributed by atoms with Crippen molar-refractivity contribution in [1.29, 1.82) is 0 Å². The zero-order valence-electron chi connectivity index (χ0n) is 67.2. The first-order valence-electron chi connectivity index (χ1n) is 40.5. The molecule has 0 aromatic heterocycles. The fourth-order valence-corrected chi connectivity index (χ4v) is 17.6. The zero-order valence-corrected chi connectivity index (χ0v) is 67.2. The maximum Gasteiger partial charge on any atom is 0.394 e. The molecule has 0 aromatic rings. The van der Waals surface area contributed by atoms with Crippen LogP contribution in [0, 0.1) is 47.3 Å². The smallest absolute Gasteiger partial charge is 0.376 e. The highest BCUT2D eigenvalue weighted by molar-refractivity contribution is 6.00. The van der Waals surface area contributed by atoms with Gasteiger partial charge in [-0.25, -0.2) is 4.39 Å². The van der Waals surface area contributed by atoms with E-state index >= 15 is 38.0 Å². The highest BCUT2D eigenvalue weighted by Crippen LogP contribution is 2.43. The van der Waals surface area contributed by atoms with Crippen molar-refractivity contribution < 1.29 is 79.8 Å². The second kappa shape index (κ2) is 40.0. The third-order valence-corrected chi connectivity index (χ3v) is 25.0. The van der Waals surface area contributed by atoms with Crippen molar-refractivity contribution in [3.8, 4) is 0 Å². The molecule has 612 valence electrons. The highest BCUT2D eigenvalue weighted by atomic mass is 19.4. The van der Waals surface area contributed by atoms with Gasteiger partial charge in [-0.2, -0.15) is 13.2 Å². The van der Waals surface area contributed by atoms with Gasteiger partial charge in [0.05, 0.1) is 44.7 Å². The Hall–Kier alpha value is -6.68. The van der Waals surface area contributed by atoms with E-state index in [1.54, 1.807) is 11.8 Å². The van der Waals surface area contributed by atoms with Gasteiger partial charge in [-0.15, -0.1) is 0 Å². The average molecular weight is 1530 g/mol. The average Bonchev–Trinajstić information content (AvgIpc) is 1.55. The van der Waals surface area contributed by atoms with Crippen LogP contribution in [0.1, 0.15) is 222 Å². The number of hydrogen-bond acceptors (Lipinski definition) is 13. The standard InChI is InChI=1S/C79H130F4N12O13/c1-15-51(6)69-76(106)89(10)46-67(98)87(8)47-68(99)91(12)63(41-53-27-18-16-19-28-53)73(103)88(9)45-65(96)84-59(33-31-54-30-32-57(58(80)40-54)79(81,82)83)72(102)95-44-56(108-48-55-29-21-20-26-52(55)7)42-61(95)71(101)86-78(34-22-23-35-78)77(107)93(14)62(39-50(4)5)74(104)92(13)64(75(105)94-36-24-17-25-37-94)43-66(97)90(11)60(38-49(2)3)70(100)85-69/h49-64,69H,15-48H2,1-14H3,(H,84,96)(H,85,100)(H,86,101)/t51-,52?,54?,55?,56+,57?,58?,59-,60-,61-,62-,63-,64-,69-/m0/s1. The molecule has 12 amide bonds. The largest absolute Gasteiger partial charge is 0.394 e. The zero-order chi connectivity index (χ0) is 79.8. The molecule has 25 nitrogen and oxygen atoms in total. The Bertz CT molecular complexity index is 3110. The summed E-state index contributed by atoms with van der Waals surface area (Å²) in [6.45, 7) is 12.4. The molecule has 3 aliphatic heterocycles. The van der Waals surface area contributed by atoms with Gasteiger partial charge in [-0.1, -0.05) is 119 Å². The number of amides is 12. The van der Waals surface area contributed by atoms with Crippen LogP contribution in [0.4, 0.5) is 17.6 Å².